The van der Waals surface area contributed by atoms with E-state index < -0.39 is 0 Å². The van der Waals surface area contributed by atoms with Gasteiger partial charge in [0.1, 0.15) is 12.1 Å². The monoisotopic (exact) mass is 355 g/mol. The van der Waals surface area contributed by atoms with Gasteiger partial charge in [-0.05, 0) is 18.9 Å². The van der Waals surface area contributed by atoms with Gasteiger partial charge < -0.3 is 10.2 Å². The van der Waals surface area contributed by atoms with Crippen molar-refractivity contribution in [3.63, 3.8) is 0 Å². The Labute approximate surface area is 153 Å². The first-order valence-electron chi connectivity index (χ1n) is 9.13. The number of nitrogens with zero attached hydrogens (tertiary/aromatic N) is 4. The van der Waals surface area contributed by atoms with Crippen molar-refractivity contribution in [3.05, 3.63) is 42.6 Å². The largest absolute Gasteiger partial charge is 0.352 e. The average Bonchev–Trinajstić information content (AvgIpc) is 3.32. The zero-order valence-corrected chi connectivity index (χ0v) is 15.3. The average molecular weight is 355 g/mol. The molecule has 0 spiro atoms. The molecule has 1 saturated heterocycles. The highest BCUT2D eigenvalue weighted by atomic mass is 16.2. The zero-order chi connectivity index (χ0) is 18.5. The van der Waals surface area contributed by atoms with Crippen LogP contribution in [-0.2, 0) is 16.1 Å². The van der Waals surface area contributed by atoms with Gasteiger partial charge in [0.25, 0.3) is 0 Å². The fourth-order valence-corrected chi connectivity index (χ4v) is 3.50. The molecule has 1 atom stereocenters. The summed E-state index contributed by atoms with van der Waals surface area (Å²) in [7, 11) is 0. The molecule has 1 aliphatic heterocycles. The summed E-state index contributed by atoms with van der Waals surface area (Å²) in [6, 6.07) is 4.00. The minimum absolute atomic E-state index is 0.0766. The van der Waals surface area contributed by atoms with Crippen LogP contribution in [0.3, 0.4) is 0 Å². The van der Waals surface area contributed by atoms with E-state index in [0.717, 1.165) is 24.2 Å². The molecule has 7 heteroatoms. The molecule has 0 radical (unpaired) electrons. The second-order valence-corrected chi connectivity index (χ2v) is 6.59. The van der Waals surface area contributed by atoms with Crippen LogP contribution in [0.1, 0.15) is 38.7 Å². The molecule has 138 valence electrons. The molecule has 1 fully saturated rings. The highest BCUT2D eigenvalue weighted by Gasteiger charge is 2.36. The van der Waals surface area contributed by atoms with Crippen molar-refractivity contribution in [1.82, 2.24) is 24.8 Å². The van der Waals surface area contributed by atoms with Crippen LogP contribution in [0.4, 0.5) is 0 Å². The molecule has 7 nitrogen and oxygen atoms in total. The van der Waals surface area contributed by atoms with Gasteiger partial charge in [-0.25, -0.2) is 9.97 Å². The van der Waals surface area contributed by atoms with Crippen molar-refractivity contribution >= 4 is 11.8 Å². The number of nitrogens with one attached hydrogen (secondary N) is 1. The van der Waals surface area contributed by atoms with Gasteiger partial charge >= 0.3 is 0 Å². The van der Waals surface area contributed by atoms with Crippen LogP contribution >= 0.6 is 0 Å². The molecular weight excluding hydrogens is 330 g/mol. The zero-order valence-electron chi connectivity index (χ0n) is 15.3. The molecule has 3 rings (SSSR count). The third kappa shape index (κ3) is 3.76. The first-order chi connectivity index (χ1) is 12.6. The molecule has 0 aliphatic carbocycles. The van der Waals surface area contributed by atoms with E-state index in [2.05, 4.69) is 29.1 Å². The van der Waals surface area contributed by atoms with E-state index in [9.17, 15) is 9.59 Å². The molecule has 0 saturated carbocycles. The van der Waals surface area contributed by atoms with Crippen LogP contribution in [0.15, 0.2) is 37.1 Å². The summed E-state index contributed by atoms with van der Waals surface area (Å²) in [5.41, 5.74) is 0.903. The molecular formula is C19H25N5O2. The molecule has 0 unspecified atom stereocenters. The molecule has 2 aromatic heterocycles. The van der Waals surface area contributed by atoms with Crippen LogP contribution in [-0.4, -0.2) is 43.8 Å². The lowest BCUT2D eigenvalue weighted by molar-refractivity contribution is -0.130. The fraction of sp³-hybridized carbons (Fsp3) is 0.474. The Bertz CT molecular complexity index is 755. The maximum Gasteiger partial charge on any atom is 0.225 e. The number of likely N-dealkylation sites (tertiary alicyclic amines) is 1. The Morgan fingerprint density at radius 3 is 2.85 bits per heavy atom. The molecule has 0 aromatic carbocycles. The van der Waals surface area contributed by atoms with Crippen molar-refractivity contribution in [3.8, 4) is 5.82 Å². The van der Waals surface area contributed by atoms with Crippen molar-refractivity contribution in [2.24, 2.45) is 5.92 Å². The minimum Gasteiger partial charge on any atom is -0.352 e. The predicted octanol–water partition coefficient (Wildman–Crippen LogP) is 1.92. The van der Waals surface area contributed by atoms with E-state index in [-0.39, 0.29) is 23.8 Å². The highest BCUT2D eigenvalue weighted by molar-refractivity contribution is 5.89. The molecule has 2 amide bonds. The Balaban J connectivity index is 1.63. The predicted molar refractivity (Wildman–Crippen MR) is 97.4 cm³/mol. The summed E-state index contributed by atoms with van der Waals surface area (Å²) in [6.45, 7) is 5.04. The number of aromatic nitrogens is 3. The van der Waals surface area contributed by atoms with E-state index in [1.807, 2.05) is 27.8 Å². The number of imidazole rings is 1. The van der Waals surface area contributed by atoms with Gasteiger partial charge in [0.05, 0.1) is 5.92 Å². The van der Waals surface area contributed by atoms with Gasteiger partial charge in [-0.15, -0.1) is 0 Å². The quantitative estimate of drug-likeness (QED) is 0.823. The van der Waals surface area contributed by atoms with E-state index in [0.29, 0.717) is 19.5 Å². The maximum atomic E-state index is 12.6. The minimum atomic E-state index is -0.281. The van der Waals surface area contributed by atoms with Gasteiger partial charge in [-0.3, -0.25) is 14.2 Å². The highest BCUT2D eigenvalue weighted by Crippen LogP contribution is 2.23. The number of hydrogen-bond donors (Lipinski definition) is 1. The van der Waals surface area contributed by atoms with Gasteiger partial charge in [0.15, 0.2) is 0 Å². The molecule has 1 aliphatic rings. The van der Waals surface area contributed by atoms with Crippen LogP contribution in [0, 0.1) is 5.92 Å². The van der Waals surface area contributed by atoms with Crippen molar-refractivity contribution in [2.75, 3.05) is 6.54 Å². The van der Waals surface area contributed by atoms with E-state index >= 15 is 0 Å². The number of carbonyl (C=O) groups excluding carboxylic acids is 2. The van der Waals surface area contributed by atoms with Crippen molar-refractivity contribution in [2.45, 2.75) is 45.7 Å². The van der Waals surface area contributed by atoms with Crippen LogP contribution in [0.5, 0.6) is 0 Å². The van der Waals surface area contributed by atoms with Crippen LogP contribution < -0.4 is 5.32 Å². The standard InChI is InChI=1S/C19H25N5O2/c1-3-16(4-2)24-12-15(10-17(24)25)19(26)22-11-14-6-5-7-21-18(14)23-9-8-20-13-23/h5-9,13,15-16H,3-4,10-12H2,1-2H3,(H,22,26)/t15-/m0/s1. The molecule has 0 bridgehead atoms. The van der Waals surface area contributed by atoms with E-state index in [1.54, 1.807) is 18.7 Å². The lowest BCUT2D eigenvalue weighted by Gasteiger charge is -2.26. The first-order valence-corrected chi connectivity index (χ1v) is 9.13. The second kappa shape index (κ2) is 8.12. The van der Waals surface area contributed by atoms with Crippen molar-refractivity contribution in [1.29, 1.82) is 0 Å². The first kappa shape index (κ1) is 18.1. The van der Waals surface area contributed by atoms with Crippen molar-refractivity contribution < 1.29 is 9.59 Å². The topological polar surface area (TPSA) is 80.1 Å². The van der Waals surface area contributed by atoms with Gasteiger partial charge in [-0.1, -0.05) is 19.9 Å². The summed E-state index contributed by atoms with van der Waals surface area (Å²) >= 11 is 0. The van der Waals surface area contributed by atoms with E-state index in [1.165, 1.54) is 0 Å². The molecule has 2 aromatic rings. The number of pyridine rings is 1. The number of amides is 2. The number of hydrogen-bond acceptors (Lipinski definition) is 4. The number of carbonyl (C=O) groups is 2. The lowest BCUT2D eigenvalue weighted by Crippen LogP contribution is -2.37. The third-order valence-electron chi connectivity index (χ3n) is 4.98. The fourth-order valence-electron chi connectivity index (χ4n) is 3.50. The summed E-state index contributed by atoms with van der Waals surface area (Å²) in [5, 5.41) is 2.97. The Morgan fingerprint density at radius 2 is 2.15 bits per heavy atom. The molecule has 1 N–H and O–H groups in total. The van der Waals surface area contributed by atoms with E-state index in [4.69, 9.17) is 0 Å². The van der Waals surface area contributed by atoms with Gasteiger partial charge in [-0.2, -0.15) is 0 Å². The smallest absolute Gasteiger partial charge is 0.225 e. The Hall–Kier alpha value is -2.70. The Kier molecular flexibility index (Phi) is 5.65. The number of rotatable bonds is 7. The summed E-state index contributed by atoms with van der Waals surface area (Å²) < 4.78 is 1.81. The van der Waals surface area contributed by atoms with Crippen LogP contribution in [0.2, 0.25) is 0 Å². The third-order valence-corrected chi connectivity index (χ3v) is 4.98. The summed E-state index contributed by atoms with van der Waals surface area (Å²) in [4.78, 5) is 35.1. The second-order valence-electron chi connectivity index (χ2n) is 6.59. The molecule has 26 heavy (non-hydrogen) atoms. The molecule has 3 heterocycles. The Morgan fingerprint density at radius 1 is 1.35 bits per heavy atom. The maximum absolute atomic E-state index is 12.6. The normalized spacial score (nSPS) is 17.1. The lowest BCUT2D eigenvalue weighted by atomic mass is 10.1. The van der Waals surface area contributed by atoms with Crippen LogP contribution in [0.25, 0.3) is 5.82 Å². The summed E-state index contributed by atoms with van der Waals surface area (Å²) in [6.07, 6.45) is 9.02. The van der Waals surface area contributed by atoms with Gasteiger partial charge in [0.2, 0.25) is 11.8 Å². The summed E-state index contributed by atoms with van der Waals surface area (Å²) in [5.74, 6) is 0.467. The van der Waals surface area contributed by atoms with Gasteiger partial charge in [0, 0.05) is 49.7 Å². The SMILES string of the molecule is CCC(CC)N1C[C@@H](C(=O)NCc2cccnc2-n2ccnc2)CC1=O.